The molecule has 2 amide bonds. The highest BCUT2D eigenvalue weighted by molar-refractivity contribution is 14.1. The summed E-state index contributed by atoms with van der Waals surface area (Å²) in [6, 6.07) is -0.126. The zero-order valence-electron chi connectivity index (χ0n) is 9.85. The molecule has 3 atom stereocenters. The van der Waals surface area contributed by atoms with Gasteiger partial charge < -0.3 is 11.1 Å². The van der Waals surface area contributed by atoms with Gasteiger partial charge in [-0.2, -0.15) is 0 Å². The molecule has 3 unspecified atom stereocenters. The fraction of sp³-hybridized carbons (Fsp3) is 0.900. The Labute approximate surface area is 110 Å². The quantitative estimate of drug-likeness (QED) is 0.198. The number of amides is 2. The van der Waals surface area contributed by atoms with Gasteiger partial charge in [-0.3, -0.25) is 5.43 Å². The maximum atomic E-state index is 11.1. The molecule has 0 heterocycles. The Morgan fingerprint density at radius 2 is 2.12 bits per heavy atom. The molecule has 1 aliphatic rings. The topological polar surface area (TPSA) is 93.2 Å². The van der Waals surface area contributed by atoms with Gasteiger partial charge in [0.15, 0.2) is 0 Å². The summed E-state index contributed by atoms with van der Waals surface area (Å²) in [6.07, 6.45) is 3.03. The monoisotopic (exact) mass is 340 g/mol. The van der Waals surface area contributed by atoms with Crippen molar-refractivity contribution in [1.82, 2.24) is 10.7 Å². The lowest BCUT2D eigenvalue weighted by Crippen LogP contribution is -2.51. The number of nitrogens with one attached hydrogen (secondary N) is 2. The van der Waals surface area contributed by atoms with Crippen LogP contribution >= 0.6 is 22.6 Å². The molecule has 1 fully saturated rings. The van der Waals surface area contributed by atoms with Crippen LogP contribution in [0.15, 0.2) is 0 Å². The van der Waals surface area contributed by atoms with E-state index in [-0.39, 0.29) is 20.9 Å². The number of hydrazine groups is 1. The minimum atomic E-state index is -0.337. The number of alkyl halides is 1. The van der Waals surface area contributed by atoms with E-state index in [9.17, 15) is 4.79 Å². The van der Waals surface area contributed by atoms with Crippen molar-refractivity contribution in [3.8, 4) is 0 Å². The summed E-state index contributed by atoms with van der Waals surface area (Å²) >= 11 is 2.46. The van der Waals surface area contributed by atoms with Crippen LogP contribution in [0.25, 0.3) is 0 Å². The molecule has 0 aromatic carbocycles. The van der Waals surface area contributed by atoms with Crippen LogP contribution in [0.3, 0.4) is 0 Å². The number of carbonyl (C=O) groups is 1. The Bertz CT molecular complexity index is 272. The standard InChI is InChI=1S/C10H21IN4O/c1-9(6-14-8(16)15-13)3-7(12)4-10(2,11)5-9/h7H,3-6,12-13H2,1-2H3,(H2,14,15,16). The van der Waals surface area contributed by atoms with E-state index in [2.05, 4.69) is 47.2 Å². The summed E-state index contributed by atoms with van der Waals surface area (Å²) in [5.41, 5.74) is 8.19. The summed E-state index contributed by atoms with van der Waals surface area (Å²) in [4.78, 5) is 11.1. The Morgan fingerprint density at radius 3 is 2.62 bits per heavy atom. The number of halogens is 1. The molecule has 5 nitrogen and oxygen atoms in total. The third kappa shape index (κ3) is 4.06. The van der Waals surface area contributed by atoms with Crippen molar-refractivity contribution in [2.75, 3.05) is 6.54 Å². The van der Waals surface area contributed by atoms with Gasteiger partial charge in [0.2, 0.25) is 0 Å². The second kappa shape index (κ2) is 5.05. The van der Waals surface area contributed by atoms with Crippen molar-refractivity contribution in [3.63, 3.8) is 0 Å². The van der Waals surface area contributed by atoms with E-state index in [1.807, 2.05) is 0 Å². The van der Waals surface area contributed by atoms with Gasteiger partial charge in [-0.25, -0.2) is 10.6 Å². The number of hydrogen-bond donors (Lipinski definition) is 4. The van der Waals surface area contributed by atoms with E-state index >= 15 is 0 Å². The molecule has 0 spiro atoms. The predicted molar refractivity (Wildman–Crippen MR) is 73.1 cm³/mol. The second-order valence-electron chi connectivity index (χ2n) is 5.40. The molecule has 0 bridgehead atoms. The summed E-state index contributed by atoms with van der Waals surface area (Å²) in [5.74, 6) is 5.02. The first-order valence-corrected chi connectivity index (χ1v) is 6.53. The summed E-state index contributed by atoms with van der Waals surface area (Å²) in [6.45, 7) is 5.00. The smallest absolute Gasteiger partial charge is 0.328 e. The average molecular weight is 340 g/mol. The highest BCUT2D eigenvalue weighted by atomic mass is 127. The lowest BCUT2D eigenvalue weighted by Gasteiger charge is -2.44. The first-order valence-electron chi connectivity index (χ1n) is 5.45. The van der Waals surface area contributed by atoms with Gasteiger partial charge >= 0.3 is 6.03 Å². The molecule has 0 aromatic heterocycles. The molecule has 0 aliphatic heterocycles. The highest BCUT2D eigenvalue weighted by Gasteiger charge is 2.41. The van der Waals surface area contributed by atoms with Crippen LogP contribution in [0, 0.1) is 5.41 Å². The van der Waals surface area contributed by atoms with Gasteiger partial charge in [0, 0.05) is 16.0 Å². The maximum Gasteiger partial charge on any atom is 0.328 e. The molecule has 16 heavy (non-hydrogen) atoms. The third-order valence-electron chi connectivity index (χ3n) is 3.04. The molecule has 1 rings (SSSR count). The largest absolute Gasteiger partial charge is 0.337 e. The summed E-state index contributed by atoms with van der Waals surface area (Å²) in [7, 11) is 0. The highest BCUT2D eigenvalue weighted by Crippen LogP contribution is 2.45. The van der Waals surface area contributed by atoms with Gasteiger partial charge in [0.25, 0.3) is 0 Å². The van der Waals surface area contributed by atoms with Crippen molar-refractivity contribution in [3.05, 3.63) is 0 Å². The Balaban J connectivity index is 2.58. The zero-order chi connectivity index (χ0) is 12.4. The molecule has 0 radical (unpaired) electrons. The number of hydrogen-bond acceptors (Lipinski definition) is 3. The average Bonchev–Trinajstić information content (AvgIpc) is 2.10. The van der Waals surface area contributed by atoms with Crippen molar-refractivity contribution in [2.45, 2.75) is 42.6 Å². The van der Waals surface area contributed by atoms with Crippen LogP contribution in [0.5, 0.6) is 0 Å². The molecular weight excluding hydrogens is 319 g/mol. The minimum absolute atomic E-state index is 0.0557. The molecule has 6 N–H and O–H groups in total. The fourth-order valence-corrected chi connectivity index (χ4v) is 4.25. The fourth-order valence-electron chi connectivity index (χ4n) is 2.77. The molecule has 0 aromatic rings. The molecule has 6 heteroatoms. The van der Waals surface area contributed by atoms with Crippen LogP contribution in [-0.2, 0) is 0 Å². The number of rotatable bonds is 2. The van der Waals surface area contributed by atoms with Crippen LogP contribution in [0.4, 0.5) is 4.79 Å². The number of nitrogens with two attached hydrogens (primary N) is 2. The van der Waals surface area contributed by atoms with Crippen molar-refractivity contribution in [2.24, 2.45) is 17.0 Å². The van der Waals surface area contributed by atoms with E-state index in [1.165, 1.54) is 0 Å². The first-order chi connectivity index (χ1) is 7.26. The van der Waals surface area contributed by atoms with Crippen LogP contribution in [0.2, 0.25) is 0 Å². The lowest BCUT2D eigenvalue weighted by atomic mass is 9.69. The lowest BCUT2D eigenvalue weighted by molar-refractivity contribution is 0.167. The SMILES string of the molecule is CC1(I)CC(N)CC(C)(CNC(=O)NN)C1. The molecule has 94 valence electrons. The van der Waals surface area contributed by atoms with Gasteiger partial charge in [-0.15, -0.1) is 0 Å². The predicted octanol–water partition coefficient (Wildman–Crippen LogP) is 0.871. The van der Waals surface area contributed by atoms with E-state index in [1.54, 1.807) is 0 Å². The molecular formula is C10H21IN4O. The van der Waals surface area contributed by atoms with Crippen molar-refractivity contribution >= 4 is 28.6 Å². The van der Waals surface area contributed by atoms with E-state index < -0.39 is 0 Å². The second-order valence-corrected chi connectivity index (χ2v) is 8.00. The Kier molecular flexibility index (Phi) is 4.42. The Hall–Kier alpha value is -0.0800. The molecule has 1 aliphatic carbocycles. The van der Waals surface area contributed by atoms with Gasteiger partial charge in [0.1, 0.15) is 0 Å². The third-order valence-corrected chi connectivity index (χ3v) is 3.87. The molecule has 0 saturated heterocycles. The number of carbonyl (C=O) groups excluding carboxylic acids is 1. The summed E-state index contributed by atoms with van der Waals surface area (Å²) in [5, 5.41) is 2.77. The van der Waals surface area contributed by atoms with E-state index in [0.29, 0.717) is 6.54 Å². The number of urea groups is 1. The zero-order valence-corrected chi connectivity index (χ0v) is 12.0. The Morgan fingerprint density at radius 1 is 1.50 bits per heavy atom. The van der Waals surface area contributed by atoms with E-state index in [4.69, 9.17) is 11.6 Å². The van der Waals surface area contributed by atoms with Gasteiger partial charge in [-0.1, -0.05) is 36.4 Å². The minimum Gasteiger partial charge on any atom is -0.337 e. The van der Waals surface area contributed by atoms with Crippen LogP contribution in [-0.4, -0.2) is 22.0 Å². The van der Waals surface area contributed by atoms with Gasteiger partial charge in [0.05, 0.1) is 0 Å². The van der Waals surface area contributed by atoms with Crippen LogP contribution < -0.4 is 22.3 Å². The van der Waals surface area contributed by atoms with Gasteiger partial charge in [-0.05, 0) is 24.7 Å². The van der Waals surface area contributed by atoms with Crippen molar-refractivity contribution in [1.29, 1.82) is 0 Å². The summed E-state index contributed by atoms with van der Waals surface area (Å²) < 4.78 is 0.213. The molecule has 1 saturated carbocycles. The van der Waals surface area contributed by atoms with Crippen molar-refractivity contribution < 1.29 is 4.79 Å². The maximum absolute atomic E-state index is 11.1. The van der Waals surface area contributed by atoms with Crippen LogP contribution in [0.1, 0.15) is 33.1 Å². The first kappa shape index (κ1) is 14.0. The van der Waals surface area contributed by atoms with E-state index in [0.717, 1.165) is 19.3 Å². The normalized spacial score (nSPS) is 39.2.